The zero-order valence-electron chi connectivity index (χ0n) is 9.72. The molecule has 0 amide bonds. The summed E-state index contributed by atoms with van der Waals surface area (Å²) in [6.07, 6.45) is 0. The van der Waals surface area contributed by atoms with Gasteiger partial charge in [0.25, 0.3) is 0 Å². The van der Waals surface area contributed by atoms with E-state index in [2.05, 4.69) is 5.32 Å². The molecule has 14 heavy (non-hydrogen) atoms. The highest BCUT2D eigenvalue weighted by Crippen LogP contribution is 2.05. The molecule has 1 atom stereocenters. The van der Waals surface area contributed by atoms with Gasteiger partial charge < -0.3 is 14.8 Å². The summed E-state index contributed by atoms with van der Waals surface area (Å²) in [4.78, 5) is 11.2. The van der Waals surface area contributed by atoms with E-state index in [-0.39, 0.29) is 17.6 Å². The molecule has 0 aromatic rings. The van der Waals surface area contributed by atoms with Crippen LogP contribution >= 0.6 is 0 Å². The Morgan fingerprint density at radius 2 is 2.07 bits per heavy atom. The molecule has 0 saturated heterocycles. The molecule has 4 nitrogen and oxygen atoms in total. The number of carbonyl (C=O) groups excluding carboxylic acids is 1. The van der Waals surface area contributed by atoms with Crippen LogP contribution in [0.15, 0.2) is 0 Å². The summed E-state index contributed by atoms with van der Waals surface area (Å²) >= 11 is 0. The van der Waals surface area contributed by atoms with Crippen molar-refractivity contribution in [3.63, 3.8) is 0 Å². The van der Waals surface area contributed by atoms with Gasteiger partial charge in [0, 0.05) is 13.7 Å². The third-order valence-electron chi connectivity index (χ3n) is 2.03. The van der Waals surface area contributed by atoms with Gasteiger partial charge in [0.1, 0.15) is 6.04 Å². The summed E-state index contributed by atoms with van der Waals surface area (Å²) in [5.74, 6) is -0.223. The zero-order chi connectivity index (χ0) is 11.2. The summed E-state index contributed by atoms with van der Waals surface area (Å²) in [5, 5.41) is 3.06. The van der Waals surface area contributed by atoms with Gasteiger partial charge in [-0.25, -0.2) is 0 Å². The number of nitrogens with one attached hydrogen (secondary N) is 1. The lowest BCUT2D eigenvalue weighted by molar-refractivity contribution is -0.145. The van der Waals surface area contributed by atoms with Crippen molar-refractivity contribution in [3.05, 3.63) is 0 Å². The van der Waals surface area contributed by atoms with E-state index >= 15 is 0 Å². The fourth-order valence-corrected chi connectivity index (χ4v) is 0.822. The van der Waals surface area contributed by atoms with Crippen LogP contribution in [0.2, 0.25) is 0 Å². The summed E-state index contributed by atoms with van der Waals surface area (Å²) < 4.78 is 10.1. The Bertz CT molecular complexity index is 180. The Kier molecular flexibility index (Phi) is 5.72. The molecule has 0 rings (SSSR count). The van der Waals surface area contributed by atoms with Gasteiger partial charge in [0.15, 0.2) is 0 Å². The van der Waals surface area contributed by atoms with Crippen LogP contribution in [0.4, 0.5) is 0 Å². The molecule has 0 spiro atoms. The van der Waals surface area contributed by atoms with Gasteiger partial charge in [-0.15, -0.1) is 0 Å². The highest BCUT2D eigenvalue weighted by molar-refractivity contribution is 5.75. The van der Waals surface area contributed by atoms with E-state index in [0.29, 0.717) is 13.2 Å². The molecule has 1 N–H and O–H groups in total. The first kappa shape index (κ1) is 13.4. The number of hydrogen-bond donors (Lipinski definition) is 1. The Morgan fingerprint density at radius 1 is 1.50 bits per heavy atom. The van der Waals surface area contributed by atoms with Crippen LogP contribution in [-0.4, -0.2) is 37.9 Å². The van der Waals surface area contributed by atoms with Crippen LogP contribution in [0.1, 0.15) is 27.7 Å². The van der Waals surface area contributed by atoms with Crippen molar-refractivity contribution in [2.24, 2.45) is 0 Å². The fourth-order valence-electron chi connectivity index (χ4n) is 0.822. The Balaban J connectivity index is 3.84. The molecule has 0 radical (unpaired) electrons. The highest BCUT2D eigenvalue weighted by atomic mass is 16.5. The molecular weight excluding hydrogens is 182 g/mol. The number of rotatable bonds is 6. The lowest BCUT2D eigenvalue weighted by atomic mass is 10.1. The molecule has 4 heteroatoms. The summed E-state index contributed by atoms with van der Waals surface area (Å²) in [7, 11) is 1.65. The fraction of sp³-hybridized carbons (Fsp3) is 0.900. The van der Waals surface area contributed by atoms with Crippen molar-refractivity contribution in [1.29, 1.82) is 0 Å². The second-order valence-electron chi connectivity index (χ2n) is 3.82. The second-order valence-corrected chi connectivity index (χ2v) is 3.82. The van der Waals surface area contributed by atoms with Gasteiger partial charge in [-0.3, -0.25) is 4.79 Å². The second kappa shape index (κ2) is 5.98. The van der Waals surface area contributed by atoms with Gasteiger partial charge >= 0.3 is 5.97 Å². The average molecular weight is 203 g/mol. The molecule has 0 fully saturated rings. The standard InChI is InChI=1S/C10H21NO3/c1-6-14-9(12)8(2)11-7-10(3,4)13-5/h8,11H,6-7H2,1-5H3. The third kappa shape index (κ3) is 5.19. The number of carbonyl (C=O) groups is 1. The number of esters is 1. The van der Waals surface area contributed by atoms with E-state index in [1.807, 2.05) is 13.8 Å². The van der Waals surface area contributed by atoms with Crippen LogP contribution in [0.25, 0.3) is 0 Å². The number of methoxy groups -OCH3 is 1. The first-order valence-electron chi connectivity index (χ1n) is 4.88. The molecule has 0 bridgehead atoms. The third-order valence-corrected chi connectivity index (χ3v) is 2.03. The van der Waals surface area contributed by atoms with E-state index in [4.69, 9.17) is 9.47 Å². The summed E-state index contributed by atoms with van der Waals surface area (Å²) in [6, 6.07) is -0.288. The highest BCUT2D eigenvalue weighted by Gasteiger charge is 2.20. The van der Waals surface area contributed by atoms with Crippen molar-refractivity contribution >= 4 is 5.97 Å². The zero-order valence-corrected chi connectivity index (χ0v) is 9.72. The molecule has 0 aromatic heterocycles. The Labute approximate surface area is 86.0 Å². The average Bonchev–Trinajstić information content (AvgIpc) is 2.15. The lowest BCUT2D eigenvalue weighted by Crippen LogP contribution is -2.44. The molecule has 84 valence electrons. The van der Waals surface area contributed by atoms with Crippen LogP contribution in [0.5, 0.6) is 0 Å². The molecule has 1 unspecified atom stereocenters. The predicted octanol–water partition coefficient (Wildman–Crippen LogP) is 0.953. The maximum absolute atomic E-state index is 11.2. The number of hydrogen-bond acceptors (Lipinski definition) is 4. The van der Waals surface area contributed by atoms with E-state index in [1.165, 1.54) is 0 Å². The van der Waals surface area contributed by atoms with E-state index < -0.39 is 0 Å². The van der Waals surface area contributed by atoms with E-state index in [9.17, 15) is 4.79 Å². The Hall–Kier alpha value is -0.610. The summed E-state index contributed by atoms with van der Waals surface area (Å²) in [6.45, 7) is 8.52. The lowest BCUT2D eigenvalue weighted by Gasteiger charge is -2.25. The van der Waals surface area contributed by atoms with E-state index in [1.54, 1.807) is 21.0 Å². The minimum atomic E-state index is -0.288. The summed E-state index contributed by atoms with van der Waals surface area (Å²) in [5.41, 5.74) is -0.263. The molecule has 0 aliphatic rings. The largest absolute Gasteiger partial charge is 0.465 e. The van der Waals surface area contributed by atoms with Gasteiger partial charge in [0.2, 0.25) is 0 Å². The van der Waals surface area contributed by atoms with Crippen LogP contribution in [0.3, 0.4) is 0 Å². The van der Waals surface area contributed by atoms with Crippen molar-refractivity contribution in [2.45, 2.75) is 39.3 Å². The minimum absolute atomic E-state index is 0.223. The molecule has 0 heterocycles. The first-order chi connectivity index (χ1) is 6.43. The molecule has 0 aromatic carbocycles. The van der Waals surface area contributed by atoms with Crippen LogP contribution in [-0.2, 0) is 14.3 Å². The molecule has 0 saturated carbocycles. The monoisotopic (exact) mass is 203 g/mol. The quantitative estimate of drug-likeness (QED) is 0.653. The van der Waals surface area contributed by atoms with Gasteiger partial charge in [-0.1, -0.05) is 0 Å². The van der Waals surface area contributed by atoms with Crippen molar-refractivity contribution in [3.8, 4) is 0 Å². The molecular formula is C10H21NO3. The van der Waals surface area contributed by atoms with Crippen molar-refractivity contribution in [2.75, 3.05) is 20.3 Å². The normalized spacial score (nSPS) is 13.8. The van der Waals surface area contributed by atoms with Gasteiger partial charge in [-0.2, -0.15) is 0 Å². The van der Waals surface area contributed by atoms with Gasteiger partial charge in [-0.05, 0) is 27.7 Å². The maximum Gasteiger partial charge on any atom is 0.322 e. The topological polar surface area (TPSA) is 47.6 Å². The van der Waals surface area contributed by atoms with Crippen molar-refractivity contribution < 1.29 is 14.3 Å². The smallest absolute Gasteiger partial charge is 0.322 e. The molecule has 0 aliphatic carbocycles. The van der Waals surface area contributed by atoms with Crippen LogP contribution < -0.4 is 5.32 Å². The molecule has 0 aliphatic heterocycles. The SMILES string of the molecule is CCOC(=O)C(C)NCC(C)(C)OC. The number of ether oxygens (including phenoxy) is 2. The van der Waals surface area contributed by atoms with Crippen LogP contribution in [0, 0.1) is 0 Å². The van der Waals surface area contributed by atoms with Gasteiger partial charge in [0.05, 0.1) is 12.2 Å². The maximum atomic E-state index is 11.2. The van der Waals surface area contributed by atoms with E-state index in [0.717, 1.165) is 0 Å². The Morgan fingerprint density at radius 3 is 2.50 bits per heavy atom. The van der Waals surface area contributed by atoms with Crippen molar-refractivity contribution in [1.82, 2.24) is 5.32 Å². The minimum Gasteiger partial charge on any atom is -0.465 e. The first-order valence-corrected chi connectivity index (χ1v) is 4.88. The predicted molar refractivity (Wildman–Crippen MR) is 55.2 cm³/mol.